The van der Waals surface area contributed by atoms with Crippen LogP contribution in [0.1, 0.15) is 19.4 Å². The molecule has 3 aromatic rings. The third-order valence-electron chi connectivity index (χ3n) is 6.83. The lowest BCUT2D eigenvalue weighted by molar-refractivity contribution is -0.226. The lowest BCUT2D eigenvalue weighted by atomic mass is 9.88. The van der Waals surface area contributed by atoms with Crippen LogP contribution in [0, 0.1) is 5.82 Å². The number of fused-ring (bicyclic) bond motifs is 1. The third-order valence-corrected chi connectivity index (χ3v) is 6.83. The van der Waals surface area contributed by atoms with Crippen LogP contribution in [0.5, 0.6) is 5.75 Å². The number of benzene rings is 3. The molecule has 0 bridgehead atoms. The van der Waals surface area contributed by atoms with Crippen LogP contribution in [0.3, 0.4) is 0 Å². The number of anilines is 1. The maximum absolute atomic E-state index is 14.2. The molecular weight excluding hydrogens is 477 g/mol. The van der Waals surface area contributed by atoms with Crippen molar-refractivity contribution in [3.63, 3.8) is 0 Å². The summed E-state index contributed by atoms with van der Waals surface area (Å²) >= 11 is 0. The first-order valence-electron chi connectivity index (χ1n) is 12.4. The zero-order valence-corrected chi connectivity index (χ0v) is 20.5. The van der Waals surface area contributed by atoms with Gasteiger partial charge < -0.3 is 23.7 Å². The minimum absolute atomic E-state index is 0.288. The number of hydrogen-bond donors (Lipinski definition) is 0. The number of carbonyl (C=O) groups excluding carboxylic acids is 1. The SMILES string of the molecule is CC1(C)O[C@H]2O[C@H]([C@@H]3[C@H](Oc4ccccc4)C(=O)N3c3cccc(F)c3)[C@H](OCc3ccccc3)[C@H]2O1. The van der Waals surface area contributed by atoms with Gasteiger partial charge in [-0.05, 0) is 49.7 Å². The average Bonchev–Trinajstić information content (AvgIpc) is 3.36. The van der Waals surface area contributed by atoms with Crippen molar-refractivity contribution in [2.45, 2.75) is 63.0 Å². The number of para-hydroxylation sites is 1. The molecule has 0 spiro atoms. The summed E-state index contributed by atoms with van der Waals surface area (Å²) in [5, 5.41) is 0. The van der Waals surface area contributed by atoms with E-state index in [0.29, 0.717) is 18.0 Å². The van der Waals surface area contributed by atoms with E-state index in [2.05, 4.69) is 0 Å². The zero-order valence-electron chi connectivity index (χ0n) is 20.5. The van der Waals surface area contributed by atoms with E-state index in [1.165, 1.54) is 17.0 Å². The van der Waals surface area contributed by atoms with Gasteiger partial charge in [0.25, 0.3) is 5.91 Å². The van der Waals surface area contributed by atoms with Crippen LogP contribution in [-0.4, -0.2) is 48.4 Å². The van der Waals surface area contributed by atoms with Gasteiger partial charge >= 0.3 is 0 Å². The first kappa shape index (κ1) is 24.1. The molecule has 0 saturated carbocycles. The Morgan fingerprint density at radius 1 is 0.919 bits per heavy atom. The zero-order chi connectivity index (χ0) is 25.6. The van der Waals surface area contributed by atoms with Crippen LogP contribution in [0.15, 0.2) is 84.9 Å². The Kier molecular flexibility index (Phi) is 6.20. The van der Waals surface area contributed by atoms with Crippen LogP contribution in [0.2, 0.25) is 0 Å². The predicted molar refractivity (Wildman–Crippen MR) is 132 cm³/mol. The molecule has 3 aliphatic rings. The summed E-state index contributed by atoms with van der Waals surface area (Å²) in [5.41, 5.74) is 1.42. The van der Waals surface area contributed by atoms with E-state index in [1.807, 2.05) is 62.4 Å². The normalized spacial score (nSPS) is 30.1. The Morgan fingerprint density at radius 3 is 2.38 bits per heavy atom. The summed E-state index contributed by atoms with van der Waals surface area (Å²) in [6, 6.07) is 24.3. The quantitative estimate of drug-likeness (QED) is 0.442. The highest BCUT2D eigenvalue weighted by atomic mass is 19.1. The number of rotatable bonds is 7. The van der Waals surface area contributed by atoms with Crippen molar-refractivity contribution in [3.05, 3.63) is 96.3 Å². The van der Waals surface area contributed by atoms with Gasteiger partial charge in [-0.1, -0.05) is 54.6 Å². The highest BCUT2D eigenvalue weighted by Gasteiger charge is 2.64. The summed E-state index contributed by atoms with van der Waals surface area (Å²) < 4.78 is 45.3. The van der Waals surface area contributed by atoms with Gasteiger partial charge in [0.1, 0.15) is 35.9 Å². The molecule has 0 N–H and O–H groups in total. The van der Waals surface area contributed by atoms with Gasteiger partial charge in [0, 0.05) is 5.69 Å². The third kappa shape index (κ3) is 4.62. The van der Waals surface area contributed by atoms with E-state index in [4.69, 9.17) is 23.7 Å². The molecule has 192 valence electrons. The molecule has 3 aromatic carbocycles. The van der Waals surface area contributed by atoms with Crippen molar-refractivity contribution in [2.75, 3.05) is 4.90 Å². The van der Waals surface area contributed by atoms with Crippen LogP contribution < -0.4 is 9.64 Å². The van der Waals surface area contributed by atoms with Crippen LogP contribution >= 0.6 is 0 Å². The number of amides is 1. The van der Waals surface area contributed by atoms with Crippen molar-refractivity contribution in [1.29, 1.82) is 0 Å². The number of halogens is 1. The largest absolute Gasteiger partial charge is 0.478 e. The lowest BCUT2D eigenvalue weighted by Gasteiger charge is -2.49. The molecule has 3 heterocycles. The van der Waals surface area contributed by atoms with Gasteiger partial charge in [-0.25, -0.2) is 4.39 Å². The minimum atomic E-state index is -0.856. The Bertz CT molecular complexity index is 1260. The lowest BCUT2D eigenvalue weighted by Crippen LogP contribution is -2.73. The Labute approximate surface area is 214 Å². The molecule has 0 unspecified atom stereocenters. The van der Waals surface area contributed by atoms with Gasteiger partial charge in [0.2, 0.25) is 6.10 Å². The maximum Gasteiger partial charge on any atom is 0.270 e. The van der Waals surface area contributed by atoms with Gasteiger partial charge in [-0.2, -0.15) is 0 Å². The number of hydrogen-bond acceptors (Lipinski definition) is 6. The average molecular weight is 506 g/mol. The van der Waals surface area contributed by atoms with Crippen LogP contribution in [-0.2, 0) is 30.3 Å². The molecule has 0 radical (unpaired) electrons. The molecule has 3 fully saturated rings. The van der Waals surface area contributed by atoms with Crippen molar-refractivity contribution in [2.24, 2.45) is 0 Å². The number of ether oxygens (including phenoxy) is 5. The Balaban J connectivity index is 1.33. The van der Waals surface area contributed by atoms with E-state index in [9.17, 15) is 9.18 Å². The maximum atomic E-state index is 14.2. The number of β-lactam (4-membered cyclic amide) rings is 1. The van der Waals surface area contributed by atoms with Crippen molar-refractivity contribution < 1.29 is 32.9 Å². The first-order valence-corrected chi connectivity index (χ1v) is 12.4. The molecule has 3 aliphatic heterocycles. The van der Waals surface area contributed by atoms with Crippen molar-refractivity contribution >= 4 is 11.6 Å². The molecule has 37 heavy (non-hydrogen) atoms. The van der Waals surface area contributed by atoms with Gasteiger partial charge in [0.15, 0.2) is 12.1 Å². The molecule has 3 saturated heterocycles. The minimum Gasteiger partial charge on any atom is -0.478 e. The fourth-order valence-corrected chi connectivity index (χ4v) is 5.23. The second-order valence-electron chi connectivity index (χ2n) is 9.86. The van der Waals surface area contributed by atoms with E-state index >= 15 is 0 Å². The predicted octanol–water partition coefficient (Wildman–Crippen LogP) is 4.45. The summed E-state index contributed by atoms with van der Waals surface area (Å²) in [6.07, 6.45) is -3.26. The number of nitrogens with zero attached hydrogens (tertiary/aromatic N) is 1. The summed E-state index contributed by atoms with van der Waals surface area (Å²) in [4.78, 5) is 14.9. The van der Waals surface area contributed by atoms with Gasteiger partial charge in [0.05, 0.1) is 6.61 Å². The molecular formula is C29H28FNO6. The van der Waals surface area contributed by atoms with Crippen LogP contribution in [0.25, 0.3) is 0 Å². The van der Waals surface area contributed by atoms with Crippen molar-refractivity contribution in [1.82, 2.24) is 0 Å². The summed E-state index contributed by atoms with van der Waals surface area (Å²) in [6.45, 7) is 3.97. The Morgan fingerprint density at radius 2 is 1.65 bits per heavy atom. The topological polar surface area (TPSA) is 66.5 Å². The highest BCUT2D eigenvalue weighted by Crippen LogP contribution is 2.44. The monoisotopic (exact) mass is 505 g/mol. The van der Waals surface area contributed by atoms with E-state index in [-0.39, 0.29) is 5.91 Å². The van der Waals surface area contributed by atoms with E-state index in [1.54, 1.807) is 24.3 Å². The Hall–Kier alpha value is -3.30. The fourth-order valence-electron chi connectivity index (χ4n) is 5.23. The van der Waals surface area contributed by atoms with Gasteiger partial charge in [-0.15, -0.1) is 0 Å². The fraction of sp³-hybridized carbons (Fsp3) is 0.345. The second-order valence-corrected chi connectivity index (χ2v) is 9.86. The highest BCUT2D eigenvalue weighted by molar-refractivity contribution is 6.05. The van der Waals surface area contributed by atoms with E-state index in [0.717, 1.165) is 5.56 Å². The smallest absolute Gasteiger partial charge is 0.270 e. The summed E-state index contributed by atoms with van der Waals surface area (Å²) in [7, 11) is 0. The van der Waals surface area contributed by atoms with E-state index < -0.39 is 48.4 Å². The second kappa shape index (κ2) is 9.54. The molecule has 7 nitrogen and oxygen atoms in total. The molecule has 1 amide bonds. The number of carbonyl (C=O) groups is 1. The standard InChI is InChI=1S/C29H28FNO6/c1-29(2)36-26-25(33-17-18-10-5-3-6-11-18)23(35-28(26)37-29)22-24(34-21-14-7-4-8-15-21)27(32)31(22)20-13-9-12-19(30)16-20/h3-16,22-26,28H,17H2,1-2H3/t22-,23-,24+,25+,26-,28-/m1/s1. The molecule has 0 aliphatic carbocycles. The molecule has 8 heteroatoms. The molecule has 6 atom stereocenters. The summed E-state index contributed by atoms with van der Waals surface area (Å²) in [5.74, 6) is -1.01. The van der Waals surface area contributed by atoms with Gasteiger partial charge in [-0.3, -0.25) is 9.69 Å². The molecule has 0 aromatic heterocycles. The van der Waals surface area contributed by atoms with Crippen molar-refractivity contribution in [3.8, 4) is 5.75 Å². The first-order chi connectivity index (χ1) is 17.9. The van der Waals surface area contributed by atoms with Crippen LogP contribution in [0.4, 0.5) is 10.1 Å². The molecule has 6 rings (SSSR count).